The van der Waals surface area contributed by atoms with E-state index in [9.17, 15) is 18.0 Å². The maximum absolute atomic E-state index is 15.1. The predicted octanol–water partition coefficient (Wildman–Crippen LogP) is 5.60. The lowest BCUT2D eigenvalue weighted by atomic mass is 9.97. The molecule has 3 heterocycles. The molecule has 15 heteroatoms. The summed E-state index contributed by atoms with van der Waals surface area (Å²) in [5, 5.41) is 7.05. The Morgan fingerprint density at radius 3 is 2.37 bits per heavy atom. The Kier molecular flexibility index (Phi) is 10.1. The summed E-state index contributed by atoms with van der Waals surface area (Å²) in [4.78, 5) is 15.8. The summed E-state index contributed by atoms with van der Waals surface area (Å²) >= 11 is -1.86. The molecule has 3 aromatic rings. The number of aromatic nitrogens is 1. The van der Waals surface area contributed by atoms with Crippen LogP contribution in [0.4, 0.5) is 32.6 Å². The largest absolute Gasteiger partial charge is 0.773 e. The number of alkyl halides is 2. The summed E-state index contributed by atoms with van der Waals surface area (Å²) < 4.78 is 102. The average molecular weight is 634 g/mol. The van der Waals surface area contributed by atoms with Gasteiger partial charge in [-0.15, -0.1) is 0 Å². The van der Waals surface area contributed by atoms with Crippen molar-refractivity contribution in [3.63, 3.8) is 0 Å². The third-order valence-corrected chi connectivity index (χ3v) is 7.24. The zero-order valence-corrected chi connectivity index (χ0v) is 24.8. The van der Waals surface area contributed by atoms with Crippen LogP contribution in [0.5, 0.6) is 0 Å². The Hall–Kier alpha value is -3.14. The first kappa shape index (κ1) is 32.8. The van der Waals surface area contributed by atoms with Gasteiger partial charge in [0.15, 0.2) is 11.4 Å². The molecule has 1 N–H and O–H groups in total. The number of carbonyl (C=O) groups is 1. The van der Waals surface area contributed by atoms with Crippen LogP contribution < -0.4 is 10.2 Å². The smallest absolute Gasteiger partial charge is 0.326 e. The van der Waals surface area contributed by atoms with E-state index in [1.165, 1.54) is 18.1 Å². The van der Waals surface area contributed by atoms with Crippen LogP contribution in [0.2, 0.25) is 0 Å². The van der Waals surface area contributed by atoms with E-state index >= 15 is 8.78 Å². The molecular formula is C28H34F5N4O5S-. The number of methoxy groups -OCH3 is 1. The number of hydrogen-bond acceptors (Lipinski definition) is 7. The van der Waals surface area contributed by atoms with Gasteiger partial charge in [0.1, 0.15) is 23.5 Å². The highest BCUT2D eigenvalue weighted by Crippen LogP contribution is 2.44. The first-order valence-electron chi connectivity index (χ1n) is 13.7. The second kappa shape index (κ2) is 13.2. The Balaban J connectivity index is 0.000000701. The number of anilines is 1. The molecule has 2 aliphatic heterocycles. The fourth-order valence-electron chi connectivity index (χ4n) is 5.39. The standard InChI is InChI=1S/C25H23F5N4O3.C2H6.CH4O2S.H2/c1-36-11-12-6-15(21-16(27)8-13(26)9-17(21)28)22-18(7-12)37-32-23(22)33-5-4-20-25(29,30)19(31-14-2-3-14)10-34(20)24(33)35;1-2;1-4(2)3;/h6-9,14,19-20,31H,2-5,10-11H2,1H3;1-2H3;1H3,(H,2,3);1H/p-1/t19?,20-;;;/m1.../s1. The lowest BCUT2D eigenvalue weighted by Crippen LogP contribution is -2.56. The quantitative estimate of drug-likeness (QED) is 0.278. The molecule has 1 saturated carbocycles. The van der Waals surface area contributed by atoms with Crippen molar-refractivity contribution in [1.29, 1.82) is 0 Å². The molecule has 3 aliphatic rings. The molecule has 238 valence electrons. The van der Waals surface area contributed by atoms with Crippen molar-refractivity contribution in [2.45, 2.75) is 63.8 Å². The summed E-state index contributed by atoms with van der Waals surface area (Å²) in [5.74, 6) is -6.55. The molecule has 0 radical (unpaired) electrons. The van der Waals surface area contributed by atoms with E-state index in [0.717, 1.165) is 24.0 Å². The van der Waals surface area contributed by atoms with Crippen molar-refractivity contribution in [2.75, 3.05) is 31.4 Å². The van der Waals surface area contributed by atoms with Crippen LogP contribution in [0.1, 0.15) is 40.1 Å². The van der Waals surface area contributed by atoms with E-state index in [-0.39, 0.29) is 55.9 Å². The van der Waals surface area contributed by atoms with E-state index in [1.54, 1.807) is 6.07 Å². The molecular weight excluding hydrogens is 599 g/mol. The van der Waals surface area contributed by atoms with Gasteiger partial charge in [0.25, 0.3) is 5.92 Å². The molecule has 1 aromatic heterocycles. The second-order valence-corrected chi connectivity index (χ2v) is 11.0. The highest BCUT2D eigenvalue weighted by atomic mass is 32.2. The van der Waals surface area contributed by atoms with E-state index in [1.807, 2.05) is 13.8 Å². The number of amides is 2. The molecule has 2 saturated heterocycles. The predicted molar refractivity (Wildman–Crippen MR) is 151 cm³/mol. The number of nitrogens with zero attached hydrogens (tertiary/aromatic N) is 3. The molecule has 0 bridgehead atoms. The minimum Gasteiger partial charge on any atom is -0.773 e. The summed E-state index contributed by atoms with van der Waals surface area (Å²) in [6.45, 7) is 3.80. The number of ether oxygens (including phenoxy) is 1. The number of benzene rings is 2. The number of rotatable bonds is 6. The van der Waals surface area contributed by atoms with Gasteiger partial charge in [-0.05, 0) is 43.2 Å². The minimum atomic E-state index is -3.10. The Morgan fingerprint density at radius 2 is 1.79 bits per heavy atom. The normalized spacial score (nSPS) is 21.6. The zero-order valence-electron chi connectivity index (χ0n) is 24.0. The number of hydrogen-bond donors (Lipinski definition) is 1. The molecule has 2 unspecified atom stereocenters. The molecule has 9 nitrogen and oxygen atoms in total. The summed E-state index contributed by atoms with van der Waals surface area (Å²) in [5.41, 5.74) is 0.0509. The van der Waals surface area contributed by atoms with Crippen LogP contribution in [0.3, 0.4) is 0 Å². The number of urea groups is 1. The number of halogens is 5. The van der Waals surface area contributed by atoms with Crippen LogP contribution >= 0.6 is 0 Å². The lowest BCUT2D eigenvalue weighted by Gasteiger charge is -2.37. The van der Waals surface area contributed by atoms with Crippen molar-refractivity contribution in [2.24, 2.45) is 0 Å². The third kappa shape index (κ3) is 6.69. The molecule has 3 fully saturated rings. The van der Waals surface area contributed by atoms with E-state index in [4.69, 9.17) is 18.0 Å². The maximum atomic E-state index is 15.1. The van der Waals surface area contributed by atoms with Crippen molar-refractivity contribution < 1.29 is 46.2 Å². The molecule has 3 atom stereocenters. The highest BCUT2D eigenvalue weighted by Gasteiger charge is 2.60. The molecule has 43 heavy (non-hydrogen) atoms. The monoisotopic (exact) mass is 633 g/mol. The van der Waals surface area contributed by atoms with Crippen molar-refractivity contribution in [3.8, 4) is 11.1 Å². The van der Waals surface area contributed by atoms with Gasteiger partial charge >= 0.3 is 6.03 Å². The van der Waals surface area contributed by atoms with Crippen LogP contribution in [-0.2, 0) is 22.4 Å². The van der Waals surface area contributed by atoms with Gasteiger partial charge in [0.2, 0.25) is 0 Å². The van der Waals surface area contributed by atoms with E-state index in [2.05, 4.69) is 10.5 Å². The fraction of sp³-hybridized carbons (Fsp3) is 0.500. The van der Waals surface area contributed by atoms with Crippen molar-refractivity contribution in [1.82, 2.24) is 15.4 Å². The van der Waals surface area contributed by atoms with Gasteiger partial charge in [-0.25, -0.2) is 26.7 Å². The summed E-state index contributed by atoms with van der Waals surface area (Å²) in [7, 11) is 1.44. The van der Waals surface area contributed by atoms with Gasteiger partial charge in [0.05, 0.1) is 23.6 Å². The number of nitrogens with one attached hydrogen (secondary N) is 1. The van der Waals surface area contributed by atoms with Crippen LogP contribution in [-0.4, -0.2) is 75.4 Å². The van der Waals surface area contributed by atoms with Gasteiger partial charge in [-0.1, -0.05) is 30.1 Å². The molecule has 0 spiro atoms. The van der Waals surface area contributed by atoms with E-state index < -0.39 is 58.1 Å². The fourth-order valence-corrected chi connectivity index (χ4v) is 5.39. The first-order chi connectivity index (χ1) is 20.4. The topological polar surface area (TPSA) is 111 Å². The average Bonchev–Trinajstić information content (AvgIpc) is 3.59. The van der Waals surface area contributed by atoms with Crippen LogP contribution in [0.15, 0.2) is 28.8 Å². The number of carbonyl (C=O) groups excluding carboxylic acids is 1. The molecule has 6 rings (SSSR count). The van der Waals surface area contributed by atoms with Crippen molar-refractivity contribution in [3.05, 3.63) is 47.3 Å². The van der Waals surface area contributed by atoms with Crippen LogP contribution in [0.25, 0.3) is 22.1 Å². The molecule has 2 aromatic carbocycles. The first-order valence-corrected chi connectivity index (χ1v) is 15.2. The molecule has 1 aliphatic carbocycles. The third-order valence-electron chi connectivity index (χ3n) is 7.24. The number of fused-ring (bicyclic) bond motifs is 2. The lowest BCUT2D eigenvalue weighted by molar-refractivity contribution is -0.0496. The SMILES string of the molecule is CC.COCc1cc(-c2c(F)cc(F)cc2F)c2c(N3CC[C@H]4N(CC(NC5CC5)C4(F)F)C3=O)noc2c1.CS(=O)[O-].[HH]. The van der Waals surface area contributed by atoms with E-state index in [0.29, 0.717) is 17.7 Å². The van der Waals surface area contributed by atoms with Gasteiger partial charge in [0, 0.05) is 45.4 Å². The summed E-state index contributed by atoms with van der Waals surface area (Å²) in [6, 6.07) is 1.01. The highest BCUT2D eigenvalue weighted by molar-refractivity contribution is 7.78. The van der Waals surface area contributed by atoms with Gasteiger partial charge in [-0.3, -0.25) is 9.11 Å². The van der Waals surface area contributed by atoms with Crippen LogP contribution in [0, 0.1) is 17.5 Å². The summed E-state index contributed by atoms with van der Waals surface area (Å²) in [6.07, 6.45) is 2.70. The molecule has 2 amide bonds. The van der Waals surface area contributed by atoms with Gasteiger partial charge in [-0.2, -0.15) is 0 Å². The second-order valence-electron chi connectivity index (χ2n) is 10.2. The Bertz CT molecular complexity index is 1480. The zero-order chi connectivity index (χ0) is 31.6. The van der Waals surface area contributed by atoms with Gasteiger partial charge < -0.3 is 24.0 Å². The Morgan fingerprint density at radius 1 is 1.16 bits per heavy atom. The Labute approximate surface area is 249 Å². The minimum absolute atomic E-state index is 0. The van der Waals surface area contributed by atoms with Crippen molar-refractivity contribution >= 4 is 33.9 Å². The maximum Gasteiger partial charge on any atom is 0.326 e.